The maximum Gasteiger partial charge on any atom is 0.222 e. The van der Waals surface area contributed by atoms with Crippen LogP contribution in [0.15, 0.2) is 28.6 Å². The lowest BCUT2D eigenvalue weighted by atomic mass is 10.2. The van der Waals surface area contributed by atoms with Crippen LogP contribution < -0.4 is 5.32 Å². The van der Waals surface area contributed by atoms with Crippen molar-refractivity contribution >= 4 is 39.8 Å². The largest absolute Gasteiger partial charge is 0.343 e. The number of hydrogen-bond donors (Lipinski definition) is 1. The zero-order valence-corrected chi connectivity index (χ0v) is 16.0. The summed E-state index contributed by atoms with van der Waals surface area (Å²) in [4.78, 5) is 13.8. The molecule has 7 heteroatoms. The van der Waals surface area contributed by atoms with E-state index in [9.17, 15) is 4.79 Å². The van der Waals surface area contributed by atoms with Crippen LogP contribution in [0, 0.1) is 6.92 Å². The molecule has 0 aliphatic carbocycles. The minimum Gasteiger partial charge on any atom is -0.343 e. The Balaban J connectivity index is 1.76. The van der Waals surface area contributed by atoms with Crippen molar-refractivity contribution < 1.29 is 4.79 Å². The molecule has 0 saturated carbocycles. The van der Waals surface area contributed by atoms with Gasteiger partial charge >= 0.3 is 0 Å². The van der Waals surface area contributed by atoms with Crippen molar-refractivity contribution in [2.24, 2.45) is 0 Å². The number of rotatable bonds is 9. The number of anilines is 2. The quantitative estimate of drug-likeness (QED) is 0.530. The van der Waals surface area contributed by atoms with Crippen LogP contribution >= 0.6 is 23.1 Å². The fourth-order valence-corrected chi connectivity index (χ4v) is 4.04. The zero-order chi connectivity index (χ0) is 17.4. The Bertz CT molecular complexity index is 656. The average Bonchev–Trinajstić information content (AvgIpc) is 3.02. The maximum atomic E-state index is 11.9. The fourth-order valence-electron chi connectivity index (χ4n) is 2.26. The highest BCUT2D eigenvalue weighted by molar-refractivity contribution is 8.01. The van der Waals surface area contributed by atoms with Gasteiger partial charge < -0.3 is 10.2 Å². The Labute approximate surface area is 151 Å². The Hall–Kier alpha value is -1.60. The van der Waals surface area contributed by atoms with Gasteiger partial charge in [-0.1, -0.05) is 41.3 Å². The van der Waals surface area contributed by atoms with Gasteiger partial charge in [0.25, 0.3) is 0 Å². The van der Waals surface area contributed by atoms with Crippen LogP contribution in [0.4, 0.5) is 10.8 Å². The van der Waals surface area contributed by atoms with E-state index in [0.717, 1.165) is 40.4 Å². The lowest BCUT2D eigenvalue weighted by Crippen LogP contribution is -2.30. The molecule has 24 heavy (non-hydrogen) atoms. The van der Waals surface area contributed by atoms with E-state index in [1.165, 1.54) is 5.56 Å². The fraction of sp³-hybridized carbons (Fsp3) is 0.471. The summed E-state index contributed by atoms with van der Waals surface area (Å²) in [6.45, 7) is 7.66. The molecule has 0 aliphatic rings. The van der Waals surface area contributed by atoms with Gasteiger partial charge in [0.05, 0.1) is 0 Å². The highest BCUT2D eigenvalue weighted by Crippen LogP contribution is 2.29. The predicted octanol–water partition coefficient (Wildman–Crippen LogP) is 4.33. The van der Waals surface area contributed by atoms with Gasteiger partial charge in [0.2, 0.25) is 11.0 Å². The van der Waals surface area contributed by atoms with Gasteiger partial charge in [-0.05, 0) is 38.8 Å². The molecule has 1 aromatic carbocycles. The Morgan fingerprint density at radius 2 is 2.00 bits per heavy atom. The topological polar surface area (TPSA) is 58.1 Å². The van der Waals surface area contributed by atoms with Crippen LogP contribution in [-0.4, -0.2) is 39.8 Å². The first-order valence-electron chi connectivity index (χ1n) is 8.20. The number of para-hydroxylation sites is 1. The summed E-state index contributed by atoms with van der Waals surface area (Å²) in [6, 6.07) is 8.11. The first kappa shape index (κ1) is 18.7. The van der Waals surface area contributed by atoms with E-state index in [1.54, 1.807) is 23.1 Å². The maximum absolute atomic E-state index is 11.9. The summed E-state index contributed by atoms with van der Waals surface area (Å²) < 4.78 is 0.932. The Kier molecular flexibility index (Phi) is 7.52. The normalized spacial score (nSPS) is 10.6. The molecule has 0 bridgehead atoms. The van der Waals surface area contributed by atoms with Crippen LogP contribution in [-0.2, 0) is 4.79 Å². The number of thioether (sulfide) groups is 1. The smallest absolute Gasteiger partial charge is 0.222 e. The number of hydrogen-bond acceptors (Lipinski definition) is 6. The second-order valence-corrected chi connectivity index (χ2v) is 7.65. The third kappa shape index (κ3) is 5.49. The number of amides is 1. The molecule has 1 N–H and O–H groups in total. The van der Waals surface area contributed by atoms with Crippen molar-refractivity contribution in [3.05, 3.63) is 29.8 Å². The lowest BCUT2D eigenvalue weighted by molar-refractivity contribution is -0.130. The van der Waals surface area contributed by atoms with Gasteiger partial charge in [-0.3, -0.25) is 4.79 Å². The third-order valence-corrected chi connectivity index (χ3v) is 5.73. The summed E-state index contributed by atoms with van der Waals surface area (Å²) in [7, 11) is 0. The van der Waals surface area contributed by atoms with Crippen molar-refractivity contribution in [3.63, 3.8) is 0 Å². The molecule has 1 aromatic heterocycles. The summed E-state index contributed by atoms with van der Waals surface area (Å²) in [5.74, 6) is 1.12. The van der Waals surface area contributed by atoms with Gasteiger partial charge in [0, 0.05) is 31.0 Å². The molecule has 130 valence electrons. The number of aryl methyl sites for hydroxylation is 1. The highest BCUT2D eigenvalue weighted by Gasteiger charge is 2.10. The summed E-state index contributed by atoms with van der Waals surface area (Å²) in [5.41, 5.74) is 2.23. The van der Waals surface area contributed by atoms with Gasteiger partial charge in [0.15, 0.2) is 4.34 Å². The molecule has 1 heterocycles. The second-order valence-electron chi connectivity index (χ2n) is 5.33. The first-order valence-corrected chi connectivity index (χ1v) is 10.0. The van der Waals surface area contributed by atoms with Gasteiger partial charge in [-0.15, -0.1) is 10.2 Å². The molecule has 2 aromatic rings. The average molecular weight is 365 g/mol. The molecule has 1 amide bonds. The summed E-state index contributed by atoms with van der Waals surface area (Å²) >= 11 is 3.20. The molecule has 0 saturated heterocycles. The molecule has 0 unspecified atom stereocenters. The van der Waals surface area contributed by atoms with Crippen molar-refractivity contribution in [1.29, 1.82) is 0 Å². The van der Waals surface area contributed by atoms with E-state index in [4.69, 9.17) is 0 Å². The lowest BCUT2D eigenvalue weighted by Gasteiger charge is -2.18. The number of aromatic nitrogens is 2. The molecule has 0 atom stereocenters. The monoisotopic (exact) mass is 364 g/mol. The molecule has 0 spiro atoms. The SMILES string of the molecule is CCN(CC)C(=O)CCCSc1nnc(Nc2ccccc2C)s1. The van der Waals surface area contributed by atoms with Gasteiger partial charge in [0.1, 0.15) is 0 Å². The number of nitrogens with zero attached hydrogens (tertiary/aromatic N) is 3. The second kappa shape index (κ2) is 9.64. The Morgan fingerprint density at radius 3 is 2.71 bits per heavy atom. The van der Waals surface area contributed by atoms with E-state index < -0.39 is 0 Å². The molecule has 2 rings (SSSR count). The minimum atomic E-state index is 0.236. The predicted molar refractivity (Wildman–Crippen MR) is 102 cm³/mol. The number of carbonyl (C=O) groups excluding carboxylic acids is 1. The molecular formula is C17H24N4OS2. The van der Waals surface area contributed by atoms with Crippen LogP contribution in [0.5, 0.6) is 0 Å². The van der Waals surface area contributed by atoms with E-state index >= 15 is 0 Å². The van der Waals surface area contributed by atoms with Gasteiger partial charge in [-0.25, -0.2) is 0 Å². The van der Waals surface area contributed by atoms with Crippen LogP contribution in [0.2, 0.25) is 0 Å². The molecule has 0 radical (unpaired) electrons. The minimum absolute atomic E-state index is 0.236. The van der Waals surface area contributed by atoms with Crippen molar-refractivity contribution in [2.45, 2.75) is 38.0 Å². The zero-order valence-electron chi connectivity index (χ0n) is 14.4. The van der Waals surface area contributed by atoms with E-state index in [0.29, 0.717) is 6.42 Å². The molecule has 0 aliphatic heterocycles. The Morgan fingerprint density at radius 1 is 1.25 bits per heavy atom. The first-order chi connectivity index (χ1) is 11.6. The van der Waals surface area contributed by atoms with Crippen molar-refractivity contribution in [3.8, 4) is 0 Å². The molecule has 5 nitrogen and oxygen atoms in total. The third-order valence-electron chi connectivity index (χ3n) is 3.67. The van der Waals surface area contributed by atoms with Crippen molar-refractivity contribution in [1.82, 2.24) is 15.1 Å². The molecular weight excluding hydrogens is 340 g/mol. The molecule has 0 fully saturated rings. The highest BCUT2D eigenvalue weighted by atomic mass is 32.2. The van der Waals surface area contributed by atoms with Gasteiger partial charge in [-0.2, -0.15) is 0 Å². The van der Waals surface area contributed by atoms with E-state index in [-0.39, 0.29) is 5.91 Å². The number of nitrogens with one attached hydrogen (secondary N) is 1. The van der Waals surface area contributed by atoms with E-state index in [1.807, 2.05) is 36.9 Å². The van der Waals surface area contributed by atoms with E-state index in [2.05, 4.69) is 28.5 Å². The van der Waals surface area contributed by atoms with Crippen LogP contribution in [0.1, 0.15) is 32.3 Å². The summed E-state index contributed by atoms with van der Waals surface area (Å²) in [6.07, 6.45) is 1.46. The van der Waals surface area contributed by atoms with Crippen LogP contribution in [0.3, 0.4) is 0 Å². The number of carbonyl (C=O) groups is 1. The number of benzene rings is 1. The summed E-state index contributed by atoms with van der Waals surface area (Å²) in [5, 5.41) is 12.5. The van der Waals surface area contributed by atoms with Crippen LogP contribution in [0.25, 0.3) is 0 Å². The van der Waals surface area contributed by atoms with Crippen molar-refractivity contribution in [2.75, 3.05) is 24.2 Å². The standard InChI is InChI=1S/C17H24N4OS2/c1-4-21(5-2)15(22)11-8-12-23-17-20-19-16(24-17)18-14-10-7-6-9-13(14)3/h6-7,9-10H,4-5,8,11-12H2,1-3H3,(H,18,19).